The number of aromatic nitrogens is 2. The first-order valence-corrected chi connectivity index (χ1v) is 9.31. The van der Waals surface area contributed by atoms with Gasteiger partial charge in [-0.15, -0.1) is 11.3 Å². The molecule has 0 aliphatic heterocycles. The molecule has 3 heterocycles. The minimum Gasteiger partial charge on any atom is -0.422 e. The largest absolute Gasteiger partial charge is 0.422 e. The van der Waals surface area contributed by atoms with E-state index in [9.17, 15) is 4.79 Å². The summed E-state index contributed by atoms with van der Waals surface area (Å²) in [5, 5.41) is 0.920. The van der Waals surface area contributed by atoms with Gasteiger partial charge in [0, 0.05) is 30.6 Å². The van der Waals surface area contributed by atoms with Gasteiger partial charge in [0.05, 0.1) is 12.3 Å². The summed E-state index contributed by atoms with van der Waals surface area (Å²) >= 11 is 1.34. The molecule has 1 aromatic carbocycles. The molecule has 0 saturated carbocycles. The first kappa shape index (κ1) is 17.5. The van der Waals surface area contributed by atoms with Crippen molar-refractivity contribution < 1.29 is 14.3 Å². The standard InChI is InChI=1S/C21H18N2O3S/c1-14-12-15(13-25-2)17-18(23-10-6-7-11-23)19(27-20(17)22-14)21(24)26-16-8-4-3-5-9-16/h3-12H,13H2,1-2H3. The molecule has 0 aliphatic rings. The highest BCUT2D eigenvalue weighted by Gasteiger charge is 2.24. The number of aryl methyl sites for hydroxylation is 1. The molecule has 0 N–H and O–H groups in total. The summed E-state index contributed by atoms with van der Waals surface area (Å²) in [5.74, 6) is 0.119. The highest BCUT2D eigenvalue weighted by atomic mass is 32.1. The zero-order valence-electron chi connectivity index (χ0n) is 15.0. The Hall–Kier alpha value is -2.96. The summed E-state index contributed by atoms with van der Waals surface area (Å²) in [6.45, 7) is 2.38. The van der Waals surface area contributed by atoms with E-state index in [1.165, 1.54) is 11.3 Å². The molecule has 0 spiro atoms. The van der Waals surface area contributed by atoms with Crippen molar-refractivity contribution in [2.45, 2.75) is 13.5 Å². The van der Waals surface area contributed by atoms with Crippen molar-refractivity contribution in [3.63, 3.8) is 0 Å². The van der Waals surface area contributed by atoms with Crippen LogP contribution in [0.3, 0.4) is 0 Å². The van der Waals surface area contributed by atoms with Gasteiger partial charge in [0.25, 0.3) is 0 Å². The van der Waals surface area contributed by atoms with Gasteiger partial charge in [0.15, 0.2) is 0 Å². The van der Waals surface area contributed by atoms with Crippen LogP contribution in [0.25, 0.3) is 15.9 Å². The van der Waals surface area contributed by atoms with Crippen molar-refractivity contribution in [3.8, 4) is 11.4 Å². The smallest absolute Gasteiger partial charge is 0.355 e. The van der Waals surface area contributed by atoms with E-state index in [2.05, 4.69) is 4.98 Å². The van der Waals surface area contributed by atoms with Crippen LogP contribution in [0, 0.1) is 6.92 Å². The Kier molecular flexibility index (Phi) is 4.75. The molecule has 136 valence electrons. The molecule has 0 aliphatic carbocycles. The van der Waals surface area contributed by atoms with Gasteiger partial charge in [0.1, 0.15) is 15.5 Å². The fourth-order valence-corrected chi connectivity index (χ4v) is 4.22. The highest BCUT2D eigenvalue weighted by molar-refractivity contribution is 7.21. The average molecular weight is 378 g/mol. The zero-order valence-corrected chi connectivity index (χ0v) is 15.8. The number of fused-ring (bicyclic) bond motifs is 1. The maximum absolute atomic E-state index is 13.0. The van der Waals surface area contributed by atoms with Gasteiger partial charge >= 0.3 is 5.97 Å². The second-order valence-corrected chi connectivity index (χ2v) is 7.11. The number of benzene rings is 1. The Morgan fingerprint density at radius 3 is 2.59 bits per heavy atom. The summed E-state index contributed by atoms with van der Waals surface area (Å²) in [5.41, 5.74) is 2.66. The first-order chi connectivity index (χ1) is 13.2. The van der Waals surface area contributed by atoms with E-state index in [1.54, 1.807) is 19.2 Å². The molecule has 3 aromatic heterocycles. The molecule has 6 heteroatoms. The number of methoxy groups -OCH3 is 1. The van der Waals surface area contributed by atoms with Gasteiger partial charge in [-0.1, -0.05) is 18.2 Å². The summed E-state index contributed by atoms with van der Waals surface area (Å²) < 4.78 is 12.9. The molecule has 0 bridgehead atoms. The topological polar surface area (TPSA) is 53.4 Å². The van der Waals surface area contributed by atoms with Crippen LogP contribution in [0.4, 0.5) is 0 Å². The molecule has 0 radical (unpaired) electrons. The Labute approximate surface area is 160 Å². The number of esters is 1. The first-order valence-electron chi connectivity index (χ1n) is 8.50. The number of carbonyl (C=O) groups is 1. The Balaban J connectivity index is 1.90. The minimum atomic E-state index is -0.395. The molecule has 5 nitrogen and oxygen atoms in total. The molecule has 0 atom stereocenters. The van der Waals surface area contributed by atoms with Gasteiger partial charge in [-0.3, -0.25) is 0 Å². The lowest BCUT2D eigenvalue weighted by Gasteiger charge is -2.09. The molecular weight excluding hydrogens is 360 g/mol. The number of pyridine rings is 1. The van der Waals surface area contributed by atoms with E-state index < -0.39 is 5.97 Å². The molecule has 4 aromatic rings. The number of para-hydroxylation sites is 1. The summed E-state index contributed by atoms with van der Waals surface area (Å²) in [6.07, 6.45) is 3.83. The Morgan fingerprint density at radius 2 is 1.89 bits per heavy atom. The van der Waals surface area contributed by atoms with Crippen molar-refractivity contribution >= 4 is 27.5 Å². The van der Waals surface area contributed by atoms with Crippen molar-refractivity contribution in [3.05, 3.63) is 77.1 Å². The molecule has 4 rings (SSSR count). The van der Waals surface area contributed by atoms with Crippen molar-refractivity contribution in [1.29, 1.82) is 0 Å². The van der Waals surface area contributed by atoms with Crippen molar-refractivity contribution in [2.24, 2.45) is 0 Å². The third-order valence-corrected chi connectivity index (χ3v) is 5.20. The number of hydrogen-bond donors (Lipinski definition) is 0. The molecule has 0 unspecified atom stereocenters. The van der Waals surface area contributed by atoms with E-state index in [1.807, 2.05) is 60.3 Å². The molecular formula is C21H18N2O3S. The number of ether oxygens (including phenoxy) is 2. The predicted molar refractivity (Wildman–Crippen MR) is 106 cm³/mol. The van der Waals surface area contributed by atoms with Crippen LogP contribution < -0.4 is 4.74 Å². The number of thiophene rings is 1. The van der Waals surface area contributed by atoms with E-state index in [0.29, 0.717) is 17.2 Å². The molecule has 27 heavy (non-hydrogen) atoms. The zero-order chi connectivity index (χ0) is 18.8. The fraction of sp³-hybridized carbons (Fsp3) is 0.143. The van der Waals surface area contributed by atoms with E-state index in [4.69, 9.17) is 9.47 Å². The van der Waals surface area contributed by atoms with Crippen molar-refractivity contribution in [2.75, 3.05) is 7.11 Å². The van der Waals surface area contributed by atoms with E-state index >= 15 is 0 Å². The lowest BCUT2D eigenvalue weighted by Crippen LogP contribution is -2.09. The predicted octanol–water partition coefficient (Wildman–Crippen LogP) is 4.76. The van der Waals surface area contributed by atoms with Crippen molar-refractivity contribution in [1.82, 2.24) is 9.55 Å². The van der Waals surface area contributed by atoms with E-state index in [0.717, 1.165) is 27.2 Å². The van der Waals surface area contributed by atoms with Crippen LogP contribution in [0.5, 0.6) is 5.75 Å². The monoisotopic (exact) mass is 378 g/mol. The van der Waals surface area contributed by atoms with Gasteiger partial charge in [-0.2, -0.15) is 0 Å². The lowest BCUT2D eigenvalue weighted by molar-refractivity contribution is 0.0740. The van der Waals surface area contributed by atoms with E-state index in [-0.39, 0.29) is 0 Å². The SMILES string of the molecule is COCc1cc(C)nc2sc(C(=O)Oc3ccccc3)c(-n3cccc3)c12. The Bertz CT molecular complexity index is 1090. The van der Waals surface area contributed by atoms with Crippen LogP contribution in [0.15, 0.2) is 60.9 Å². The van der Waals surface area contributed by atoms with Crippen LogP contribution in [-0.2, 0) is 11.3 Å². The lowest BCUT2D eigenvalue weighted by atomic mass is 10.1. The maximum atomic E-state index is 13.0. The molecule has 0 amide bonds. The second-order valence-electron chi connectivity index (χ2n) is 6.11. The quantitative estimate of drug-likeness (QED) is 0.371. The van der Waals surface area contributed by atoms with Crippen LogP contribution in [0.1, 0.15) is 20.9 Å². The number of nitrogens with zero attached hydrogens (tertiary/aromatic N) is 2. The number of rotatable bonds is 5. The van der Waals surface area contributed by atoms with Gasteiger partial charge < -0.3 is 14.0 Å². The fourth-order valence-electron chi connectivity index (χ4n) is 3.08. The molecule has 0 saturated heterocycles. The van der Waals surface area contributed by atoms with Crippen LogP contribution >= 0.6 is 11.3 Å². The van der Waals surface area contributed by atoms with Crippen LogP contribution in [-0.4, -0.2) is 22.6 Å². The van der Waals surface area contributed by atoms with Gasteiger partial charge in [-0.05, 0) is 42.8 Å². The second kappa shape index (κ2) is 7.34. The summed E-state index contributed by atoms with van der Waals surface area (Å²) in [4.78, 5) is 18.9. The number of carbonyl (C=O) groups excluding carboxylic acids is 1. The maximum Gasteiger partial charge on any atom is 0.355 e. The van der Waals surface area contributed by atoms with Gasteiger partial charge in [-0.25, -0.2) is 9.78 Å². The minimum absolute atomic E-state index is 0.395. The average Bonchev–Trinajstić information content (AvgIpc) is 3.29. The molecule has 0 fully saturated rings. The summed E-state index contributed by atoms with van der Waals surface area (Å²) in [7, 11) is 1.66. The Morgan fingerprint density at radius 1 is 1.15 bits per heavy atom. The summed E-state index contributed by atoms with van der Waals surface area (Å²) in [6, 6.07) is 14.9. The number of hydrogen-bond acceptors (Lipinski definition) is 5. The van der Waals surface area contributed by atoms with Crippen LogP contribution in [0.2, 0.25) is 0 Å². The van der Waals surface area contributed by atoms with Gasteiger partial charge in [0.2, 0.25) is 0 Å². The third-order valence-electron chi connectivity index (χ3n) is 4.15. The highest BCUT2D eigenvalue weighted by Crippen LogP contribution is 2.37. The third kappa shape index (κ3) is 3.37. The normalized spacial score (nSPS) is 11.0.